The van der Waals surface area contributed by atoms with Crippen molar-refractivity contribution in [1.29, 1.82) is 0 Å². The number of amides is 1. The predicted molar refractivity (Wildman–Crippen MR) is 161 cm³/mol. The quantitative estimate of drug-likeness (QED) is 0.244. The van der Waals surface area contributed by atoms with E-state index in [4.69, 9.17) is 10.5 Å². The van der Waals surface area contributed by atoms with Crippen LogP contribution in [0.2, 0.25) is 0 Å². The number of carbonyl (C=O) groups is 2. The summed E-state index contributed by atoms with van der Waals surface area (Å²) in [5.74, 6) is -0.470. The van der Waals surface area contributed by atoms with E-state index in [0.29, 0.717) is 29.7 Å². The van der Waals surface area contributed by atoms with E-state index in [1.165, 1.54) is 12.1 Å². The molecule has 3 aromatic rings. The molecule has 1 atom stereocenters. The first-order valence-corrected chi connectivity index (χ1v) is 14.8. The average Bonchev–Trinajstić information content (AvgIpc) is 3.01. The van der Waals surface area contributed by atoms with E-state index in [9.17, 15) is 22.8 Å². The van der Waals surface area contributed by atoms with Crippen LogP contribution in [0.25, 0.3) is 11.1 Å². The summed E-state index contributed by atoms with van der Waals surface area (Å²) in [5, 5.41) is 3.14. The standard InChI is InChI=1S/C34H40F3N3O3/c1-33(24-31(41)43-23-19-38,26-8-3-2-4-9-26)18-7-20-40-21-16-28(17-22-40)39-32(42)30-11-6-5-10-29(30)25-12-14-27(15-13-25)34(35,36)37/h2-6,8-15,28H,7,16-24,38H2,1H3,(H,39,42). The summed E-state index contributed by atoms with van der Waals surface area (Å²) in [7, 11) is 0. The molecule has 6 nitrogen and oxygen atoms in total. The van der Waals surface area contributed by atoms with Crippen LogP contribution in [0.1, 0.15) is 60.5 Å². The fourth-order valence-corrected chi connectivity index (χ4v) is 5.75. The highest BCUT2D eigenvalue weighted by molar-refractivity contribution is 6.01. The molecule has 1 fully saturated rings. The van der Waals surface area contributed by atoms with Crippen LogP contribution in [0.3, 0.4) is 0 Å². The predicted octanol–water partition coefficient (Wildman–Crippen LogP) is 6.20. The van der Waals surface area contributed by atoms with E-state index in [-0.39, 0.29) is 29.9 Å². The molecule has 1 aliphatic rings. The maximum absolute atomic E-state index is 13.2. The van der Waals surface area contributed by atoms with Crippen molar-refractivity contribution >= 4 is 11.9 Å². The van der Waals surface area contributed by atoms with E-state index < -0.39 is 11.7 Å². The fraction of sp³-hybridized carbons (Fsp3) is 0.412. The fourth-order valence-electron chi connectivity index (χ4n) is 5.75. The number of ether oxygens (including phenoxy) is 1. The van der Waals surface area contributed by atoms with Gasteiger partial charge in [0.15, 0.2) is 0 Å². The Morgan fingerprint density at radius 3 is 2.23 bits per heavy atom. The molecule has 43 heavy (non-hydrogen) atoms. The summed E-state index contributed by atoms with van der Waals surface area (Å²) in [5.41, 5.74) is 7.12. The van der Waals surface area contributed by atoms with Crippen LogP contribution in [-0.4, -0.2) is 55.6 Å². The molecule has 0 saturated carbocycles. The minimum absolute atomic E-state index is 0.0105. The minimum Gasteiger partial charge on any atom is -0.464 e. The molecule has 0 radical (unpaired) electrons. The number of hydrogen-bond donors (Lipinski definition) is 2. The lowest BCUT2D eigenvalue weighted by Gasteiger charge is -2.34. The largest absolute Gasteiger partial charge is 0.464 e. The second-order valence-electron chi connectivity index (χ2n) is 11.4. The van der Waals surface area contributed by atoms with Crippen molar-refractivity contribution in [2.45, 2.75) is 56.7 Å². The van der Waals surface area contributed by atoms with Crippen LogP contribution < -0.4 is 11.1 Å². The van der Waals surface area contributed by atoms with Gasteiger partial charge in [-0.15, -0.1) is 0 Å². The molecular weight excluding hydrogens is 555 g/mol. The third-order valence-corrected chi connectivity index (χ3v) is 8.21. The second-order valence-corrected chi connectivity index (χ2v) is 11.4. The van der Waals surface area contributed by atoms with Crippen LogP contribution >= 0.6 is 0 Å². The summed E-state index contributed by atoms with van der Waals surface area (Å²) in [4.78, 5) is 28.1. The third kappa shape index (κ3) is 8.91. The number of alkyl halides is 3. The smallest absolute Gasteiger partial charge is 0.416 e. The van der Waals surface area contributed by atoms with Crippen molar-refractivity contribution in [1.82, 2.24) is 10.2 Å². The Hall–Kier alpha value is -3.69. The van der Waals surface area contributed by atoms with Gasteiger partial charge in [0.05, 0.1) is 12.0 Å². The van der Waals surface area contributed by atoms with Gasteiger partial charge < -0.3 is 20.7 Å². The molecule has 0 aromatic heterocycles. The Balaban J connectivity index is 1.29. The molecular formula is C34H40F3N3O3. The second kappa shape index (κ2) is 14.7. The molecule has 3 aromatic carbocycles. The first kappa shape index (κ1) is 32.2. The van der Waals surface area contributed by atoms with Gasteiger partial charge in [-0.25, -0.2) is 0 Å². The number of piperidine rings is 1. The van der Waals surface area contributed by atoms with Gasteiger partial charge in [-0.05, 0) is 67.1 Å². The summed E-state index contributed by atoms with van der Waals surface area (Å²) >= 11 is 0. The van der Waals surface area contributed by atoms with Crippen LogP contribution in [-0.2, 0) is 21.1 Å². The van der Waals surface area contributed by atoms with Crippen molar-refractivity contribution in [3.8, 4) is 11.1 Å². The first-order valence-electron chi connectivity index (χ1n) is 14.8. The van der Waals surface area contributed by atoms with Crippen molar-refractivity contribution < 1.29 is 27.5 Å². The van der Waals surface area contributed by atoms with E-state index >= 15 is 0 Å². The number of benzene rings is 3. The third-order valence-electron chi connectivity index (χ3n) is 8.21. The molecule has 9 heteroatoms. The Morgan fingerprint density at radius 1 is 0.930 bits per heavy atom. The van der Waals surface area contributed by atoms with Crippen LogP contribution in [0.5, 0.6) is 0 Å². The van der Waals surface area contributed by atoms with E-state index in [1.54, 1.807) is 24.3 Å². The van der Waals surface area contributed by atoms with E-state index in [2.05, 4.69) is 29.3 Å². The summed E-state index contributed by atoms with van der Waals surface area (Å²) in [6, 6.07) is 21.9. The van der Waals surface area contributed by atoms with Gasteiger partial charge in [-0.2, -0.15) is 13.2 Å². The lowest BCUT2D eigenvalue weighted by molar-refractivity contribution is -0.145. The molecule has 1 amide bonds. The van der Waals surface area contributed by atoms with Crippen LogP contribution in [0.4, 0.5) is 13.2 Å². The van der Waals surface area contributed by atoms with Gasteiger partial charge in [0.2, 0.25) is 0 Å². The topological polar surface area (TPSA) is 84.7 Å². The maximum Gasteiger partial charge on any atom is 0.416 e. The van der Waals surface area contributed by atoms with Gasteiger partial charge in [0.1, 0.15) is 6.61 Å². The number of halogens is 3. The van der Waals surface area contributed by atoms with Crippen LogP contribution in [0.15, 0.2) is 78.9 Å². The Kier molecular flexibility index (Phi) is 11.0. The Morgan fingerprint density at radius 2 is 1.58 bits per heavy atom. The van der Waals surface area contributed by atoms with Crippen molar-refractivity contribution in [2.75, 3.05) is 32.8 Å². The van der Waals surface area contributed by atoms with Crippen LogP contribution in [0, 0.1) is 0 Å². The normalized spacial score (nSPS) is 15.9. The number of esters is 1. The Labute approximate surface area is 251 Å². The molecule has 1 heterocycles. The lowest BCUT2D eigenvalue weighted by atomic mass is 9.76. The first-order chi connectivity index (χ1) is 20.6. The number of nitrogens with two attached hydrogens (primary N) is 1. The van der Waals surface area contributed by atoms with Gasteiger partial charge in [-0.3, -0.25) is 9.59 Å². The maximum atomic E-state index is 13.2. The average molecular weight is 596 g/mol. The van der Waals surface area contributed by atoms with E-state index in [0.717, 1.165) is 63.0 Å². The molecule has 1 unspecified atom stereocenters. The molecule has 1 saturated heterocycles. The zero-order valence-corrected chi connectivity index (χ0v) is 24.5. The zero-order valence-electron chi connectivity index (χ0n) is 24.5. The number of nitrogens with one attached hydrogen (secondary N) is 1. The number of carbonyl (C=O) groups excluding carboxylic acids is 2. The number of hydrogen-bond acceptors (Lipinski definition) is 5. The number of nitrogens with zero attached hydrogens (tertiary/aromatic N) is 1. The minimum atomic E-state index is -4.41. The van der Waals surface area contributed by atoms with Gasteiger partial charge in [0.25, 0.3) is 5.91 Å². The highest BCUT2D eigenvalue weighted by atomic mass is 19.4. The van der Waals surface area contributed by atoms with Gasteiger partial charge in [0, 0.05) is 36.7 Å². The van der Waals surface area contributed by atoms with Crippen molar-refractivity contribution in [2.24, 2.45) is 5.73 Å². The van der Waals surface area contributed by atoms with Crippen molar-refractivity contribution in [3.05, 3.63) is 95.6 Å². The van der Waals surface area contributed by atoms with E-state index in [1.807, 2.05) is 18.2 Å². The monoisotopic (exact) mass is 595 g/mol. The number of rotatable bonds is 12. The molecule has 0 bridgehead atoms. The van der Waals surface area contributed by atoms with Gasteiger partial charge >= 0.3 is 12.1 Å². The molecule has 1 aliphatic heterocycles. The highest BCUT2D eigenvalue weighted by Gasteiger charge is 2.31. The van der Waals surface area contributed by atoms with Gasteiger partial charge in [-0.1, -0.05) is 67.6 Å². The summed E-state index contributed by atoms with van der Waals surface area (Å²) in [6.07, 6.45) is -0.784. The lowest BCUT2D eigenvalue weighted by Crippen LogP contribution is -2.45. The zero-order chi connectivity index (χ0) is 30.9. The Bertz CT molecular complexity index is 1340. The molecule has 4 rings (SSSR count). The SMILES string of the molecule is CC(CCCN1CCC(NC(=O)c2ccccc2-c2ccc(C(F)(F)F)cc2)CC1)(CC(=O)OCCN)c1ccccc1. The molecule has 230 valence electrons. The molecule has 0 aliphatic carbocycles. The van der Waals surface area contributed by atoms with Crippen molar-refractivity contribution in [3.63, 3.8) is 0 Å². The number of likely N-dealkylation sites (tertiary alicyclic amines) is 1. The summed E-state index contributed by atoms with van der Waals surface area (Å²) < 4.78 is 44.3. The highest BCUT2D eigenvalue weighted by Crippen LogP contribution is 2.34. The molecule has 0 spiro atoms. The summed E-state index contributed by atoms with van der Waals surface area (Å²) in [6.45, 7) is 5.19. The molecule has 3 N–H and O–H groups in total.